The van der Waals surface area contributed by atoms with Gasteiger partial charge in [0.05, 0.1) is 22.5 Å². The maximum atomic E-state index is 12.9. The second-order valence-electron chi connectivity index (χ2n) is 7.59. The molecule has 0 unspecified atom stereocenters. The van der Waals surface area contributed by atoms with Crippen molar-refractivity contribution in [3.8, 4) is 5.69 Å². The van der Waals surface area contributed by atoms with E-state index in [9.17, 15) is 4.79 Å². The Balaban J connectivity index is 0.000000472. The van der Waals surface area contributed by atoms with Crippen LogP contribution in [0.4, 0.5) is 5.69 Å². The molecule has 1 amide bonds. The minimum atomic E-state index is -0.833. The van der Waals surface area contributed by atoms with Crippen molar-refractivity contribution < 1.29 is 14.7 Å². The molecule has 0 spiro atoms. The Morgan fingerprint density at radius 2 is 1.97 bits per heavy atom. The lowest BCUT2D eigenvalue weighted by Crippen LogP contribution is -2.27. The molecule has 2 aliphatic heterocycles. The molecule has 0 fully saturated rings. The largest absolute Gasteiger partial charge is 0.481 e. The van der Waals surface area contributed by atoms with Crippen LogP contribution in [0.5, 0.6) is 0 Å². The number of hydrogen-bond acceptors (Lipinski definition) is 3. The number of anilines is 1. The number of carboxylic acid groups (broad SMARTS) is 1. The SMILES string of the molecule is CC(=O)O.Cc1cc2c3c(c1)c1c(n3-c3ccc(Cl)cc3NC2=O)CCN(C)C1. The highest BCUT2D eigenvalue weighted by Crippen LogP contribution is 2.40. The standard InChI is InChI=1S/C20H18ClN3O.C2H4O2/c1-11-7-13-15-10-23(2)6-5-17(15)24-18-4-3-12(21)9-16(18)22-20(25)14(8-11)19(13)24;1-2(3)4/h3-4,7-9H,5-6,10H2,1-2H3,(H,22,25);1H3,(H,3,4). The van der Waals surface area contributed by atoms with Crippen molar-refractivity contribution in [1.82, 2.24) is 9.47 Å². The molecule has 1 aromatic heterocycles. The van der Waals surface area contributed by atoms with Gasteiger partial charge in [0.2, 0.25) is 0 Å². The van der Waals surface area contributed by atoms with Crippen LogP contribution >= 0.6 is 11.6 Å². The third-order valence-electron chi connectivity index (χ3n) is 5.27. The number of benzene rings is 2. The highest BCUT2D eigenvalue weighted by molar-refractivity contribution is 6.31. The summed E-state index contributed by atoms with van der Waals surface area (Å²) in [4.78, 5) is 24.3. The fourth-order valence-electron chi connectivity index (χ4n) is 4.19. The van der Waals surface area contributed by atoms with Crippen molar-refractivity contribution in [2.75, 3.05) is 18.9 Å². The number of carbonyl (C=O) groups excluding carboxylic acids is 1. The number of carboxylic acids is 1. The second kappa shape index (κ2) is 7.21. The summed E-state index contributed by atoms with van der Waals surface area (Å²) in [5, 5.41) is 12.3. The van der Waals surface area contributed by atoms with Gasteiger partial charge in [-0.25, -0.2) is 0 Å². The number of nitrogens with zero attached hydrogens (tertiary/aromatic N) is 2. The molecular formula is C22H22ClN3O3. The van der Waals surface area contributed by atoms with Crippen molar-refractivity contribution >= 4 is 40.1 Å². The number of likely N-dealkylation sites (N-methyl/N-ethyl adjacent to an activating group) is 1. The van der Waals surface area contributed by atoms with Crippen LogP contribution in [-0.2, 0) is 17.8 Å². The van der Waals surface area contributed by atoms with E-state index >= 15 is 0 Å². The Labute approximate surface area is 173 Å². The van der Waals surface area contributed by atoms with E-state index in [1.54, 1.807) is 0 Å². The Hall–Kier alpha value is -2.83. The Bertz CT molecular complexity index is 1160. The molecule has 0 bridgehead atoms. The quantitative estimate of drug-likeness (QED) is 0.580. The van der Waals surface area contributed by atoms with Gasteiger partial charge in [-0.15, -0.1) is 0 Å². The van der Waals surface area contributed by atoms with Gasteiger partial charge in [-0.05, 0) is 55.4 Å². The molecule has 3 heterocycles. The molecule has 29 heavy (non-hydrogen) atoms. The third-order valence-corrected chi connectivity index (χ3v) is 5.51. The first-order chi connectivity index (χ1) is 13.8. The van der Waals surface area contributed by atoms with Gasteiger partial charge in [-0.3, -0.25) is 9.59 Å². The molecule has 2 aromatic carbocycles. The van der Waals surface area contributed by atoms with Gasteiger partial charge < -0.3 is 19.9 Å². The van der Waals surface area contributed by atoms with E-state index < -0.39 is 5.97 Å². The van der Waals surface area contributed by atoms with Gasteiger partial charge in [0.1, 0.15) is 0 Å². The van der Waals surface area contributed by atoms with Crippen LogP contribution in [0.25, 0.3) is 16.6 Å². The Kier molecular flexibility index (Phi) is 4.84. The van der Waals surface area contributed by atoms with E-state index in [0.717, 1.165) is 54.5 Å². The molecule has 150 valence electrons. The monoisotopic (exact) mass is 411 g/mol. The Morgan fingerprint density at radius 3 is 2.69 bits per heavy atom. The molecule has 7 heteroatoms. The van der Waals surface area contributed by atoms with Crippen molar-refractivity contribution in [3.05, 3.63) is 57.7 Å². The zero-order chi connectivity index (χ0) is 20.9. The zero-order valence-corrected chi connectivity index (χ0v) is 17.3. The van der Waals surface area contributed by atoms with Gasteiger partial charge in [-0.1, -0.05) is 11.6 Å². The van der Waals surface area contributed by atoms with Crippen molar-refractivity contribution in [3.63, 3.8) is 0 Å². The van der Waals surface area contributed by atoms with Gasteiger partial charge >= 0.3 is 0 Å². The fraction of sp³-hybridized carbons (Fsp3) is 0.273. The van der Waals surface area contributed by atoms with Crippen LogP contribution in [-0.4, -0.2) is 40.0 Å². The normalized spacial score (nSPS) is 15.0. The summed E-state index contributed by atoms with van der Waals surface area (Å²) in [6.07, 6.45) is 0.968. The summed E-state index contributed by atoms with van der Waals surface area (Å²) in [7, 11) is 2.15. The van der Waals surface area contributed by atoms with Crippen LogP contribution < -0.4 is 5.32 Å². The molecule has 0 radical (unpaired) electrons. The minimum absolute atomic E-state index is 0.0702. The van der Waals surface area contributed by atoms with E-state index in [2.05, 4.69) is 27.9 Å². The van der Waals surface area contributed by atoms with Crippen LogP contribution in [0.2, 0.25) is 5.02 Å². The molecule has 2 N–H and O–H groups in total. The molecule has 0 atom stereocenters. The topological polar surface area (TPSA) is 74.6 Å². The molecule has 0 saturated heterocycles. The Morgan fingerprint density at radius 1 is 1.24 bits per heavy atom. The van der Waals surface area contributed by atoms with Crippen molar-refractivity contribution in [2.45, 2.75) is 26.8 Å². The van der Waals surface area contributed by atoms with Crippen molar-refractivity contribution in [2.24, 2.45) is 0 Å². The summed E-state index contributed by atoms with van der Waals surface area (Å²) in [5.41, 5.74) is 7.27. The number of fused-ring (bicyclic) bond motifs is 5. The summed E-state index contributed by atoms with van der Waals surface area (Å²) < 4.78 is 2.27. The predicted molar refractivity (Wildman–Crippen MR) is 114 cm³/mol. The lowest BCUT2D eigenvalue weighted by molar-refractivity contribution is -0.134. The molecule has 6 nitrogen and oxygen atoms in total. The minimum Gasteiger partial charge on any atom is -0.481 e. The summed E-state index contributed by atoms with van der Waals surface area (Å²) in [5.74, 6) is -0.904. The molecule has 0 aliphatic carbocycles. The summed E-state index contributed by atoms with van der Waals surface area (Å²) in [6, 6.07) is 9.92. The molecular weight excluding hydrogens is 390 g/mol. The van der Waals surface area contributed by atoms with E-state index in [0.29, 0.717) is 5.02 Å². The number of aryl methyl sites for hydroxylation is 1. The average molecular weight is 412 g/mol. The maximum Gasteiger partial charge on any atom is 0.300 e. The highest BCUT2D eigenvalue weighted by atomic mass is 35.5. The molecule has 2 aliphatic rings. The average Bonchev–Trinajstić information content (AvgIpc) is 2.87. The first-order valence-corrected chi connectivity index (χ1v) is 9.80. The van der Waals surface area contributed by atoms with Crippen LogP contribution in [0.1, 0.15) is 34.1 Å². The van der Waals surface area contributed by atoms with E-state index in [1.165, 1.54) is 16.6 Å². The number of hydrogen-bond donors (Lipinski definition) is 2. The van der Waals surface area contributed by atoms with Crippen LogP contribution in [0, 0.1) is 6.92 Å². The van der Waals surface area contributed by atoms with E-state index in [4.69, 9.17) is 21.5 Å². The number of aromatic nitrogens is 1. The first-order valence-electron chi connectivity index (χ1n) is 9.42. The van der Waals surface area contributed by atoms with Gasteiger partial charge in [0.15, 0.2) is 0 Å². The van der Waals surface area contributed by atoms with Crippen LogP contribution in [0.3, 0.4) is 0 Å². The number of carbonyl (C=O) groups is 2. The van der Waals surface area contributed by atoms with Gasteiger partial charge in [0.25, 0.3) is 11.9 Å². The predicted octanol–water partition coefficient (Wildman–Crippen LogP) is 4.24. The smallest absolute Gasteiger partial charge is 0.300 e. The molecule has 5 rings (SSSR count). The number of amides is 1. The van der Waals surface area contributed by atoms with Gasteiger partial charge in [-0.2, -0.15) is 0 Å². The lowest BCUT2D eigenvalue weighted by Gasteiger charge is -2.24. The zero-order valence-electron chi connectivity index (χ0n) is 16.5. The molecule has 0 saturated carbocycles. The second-order valence-corrected chi connectivity index (χ2v) is 8.03. The van der Waals surface area contributed by atoms with Crippen molar-refractivity contribution in [1.29, 1.82) is 0 Å². The number of halogens is 1. The highest BCUT2D eigenvalue weighted by Gasteiger charge is 2.29. The lowest BCUT2D eigenvalue weighted by atomic mass is 10.0. The van der Waals surface area contributed by atoms with Crippen LogP contribution in [0.15, 0.2) is 30.3 Å². The summed E-state index contributed by atoms with van der Waals surface area (Å²) >= 11 is 6.19. The number of rotatable bonds is 0. The summed E-state index contributed by atoms with van der Waals surface area (Å²) in [6.45, 7) is 5.06. The number of aliphatic carboxylic acids is 1. The fourth-order valence-corrected chi connectivity index (χ4v) is 4.36. The first kappa shape index (κ1) is 19.5. The van der Waals surface area contributed by atoms with E-state index in [1.807, 2.05) is 31.2 Å². The van der Waals surface area contributed by atoms with E-state index in [-0.39, 0.29) is 5.91 Å². The maximum absolute atomic E-state index is 12.9. The van der Waals surface area contributed by atoms with Gasteiger partial charge in [0, 0.05) is 42.5 Å². The third kappa shape index (κ3) is 3.39. The molecule has 3 aromatic rings. The number of nitrogens with one attached hydrogen (secondary N) is 1.